The van der Waals surface area contributed by atoms with Crippen molar-refractivity contribution in [1.82, 2.24) is 9.88 Å². The number of amides is 1. The van der Waals surface area contributed by atoms with Crippen LogP contribution in [0.4, 0.5) is 13.2 Å². The lowest BCUT2D eigenvalue weighted by atomic mass is 9.90. The molecule has 2 aliphatic rings. The number of aromatic nitrogens is 1. The van der Waals surface area contributed by atoms with Gasteiger partial charge in [0, 0.05) is 22.9 Å². The Bertz CT molecular complexity index is 1570. The van der Waals surface area contributed by atoms with Crippen LogP contribution in [0.3, 0.4) is 0 Å². The molecule has 0 saturated carbocycles. The molecule has 0 bridgehead atoms. The number of carbonyl (C=O) groups is 2. The van der Waals surface area contributed by atoms with Gasteiger partial charge in [-0.3, -0.25) is 9.59 Å². The fourth-order valence-corrected chi connectivity index (χ4v) is 5.25. The van der Waals surface area contributed by atoms with Gasteiger partial charge in [-0.15, -0.1) is 0 Å². The fraction of sp³-hybridized carbons (Fsp3) is 0.185. The van der Waals surface area contributed by atoms with Crippen molar-refractivity contribution in [3.63, 3.8) is 0 Å². The Morgan fingerprint density at radius 3 is 2.47 bits per heavy atom. The Morgan fingerprint density at radius 2 is 1.78 bits per heavy atom. The van der Waals surface area contributed by atoms with Gasteiger partial charge in [-0.1, -0.05) is 30.3 Å². The third-order valence-corrected chi connectivity index (χ3v) is 6.88. The molecule has 1 saturated heterocycles. The van der Waals surface area contributed by atoms with Crippen LogP contribution in [-0.4, -0.2) is 32.7 Å². The van der Waals surface area contributed by atoms with Crippen molar-refractivity contribution < 1.29 is 32.3 Å². The van der Waals surface area contributed by atoms with Crippen LogP contribution in [0.1, 0.15) is 35.5 Å². The summed E-state index contributed by atoms with van der Waals surface area (Å²) < 4.78 is 45.0. The van der Waals surface area contributed by atoms with Gasteiger partial charge in [0.1, 0.15) is 34.9 Å². The number of aromatic amines is 1. The van der Waals surface area contributed by atoms with Crippen molar-refractivity contribution in [3.05, 3.63) is 94.6 Å². The molecule has 6 nitrogen and oxygen atoms in total. The van der Waals surface area contributed by atoms with Gasteiger partial charge in [0.25, 0.3) is 5.91 Å². The monoisotopic (exact) mass is 492 g/mol. The largest absolute Gasteiger partial charge is 0.512 e. The summed E-state index contributed by atoms with van der Waals surface area (Å²) in [5.74, 6) is -0.704. The van der Waals surface area contributed by atoms with Crippen molar-refractivity contribution in [2.24, 2.45) is 0 Å². The maximum Gasteiger partial charge on any atom is 0.416 e. The van der Waals surface area contributed by atoms with Crippen LogP contribution in [0.5, 0.6) is 0 Å². The lowest BCUT2D eigenvalue weighted by molar-refractivity contribution is -0.137. The molecule has 2 atom stereocenters. The zero-order valence-corrected chi connectivity index (χ0v) is 18.9. The molecule has 2 aromatic heterocycles. The molecule has 4 aromatic rings. The number of aliphatic hydroxyl groups excluding tert-OH is 1. The number of H-pyrrole nitrogens is 1. The highest BCUT2D eigenvalue weighted by atomic mass is 19.4. The lowest BCUT2D eigenvalue weighted by Gasteiger charge is -2.35. The van der Waals surface area contributed by atoms with Crippen molar-refractivity contribution in [2.75, 3.05) is 0 Å². The molecular formula is C27H19F3N2O4. The highest BCUT2D eigenvalue weighted by molar-refractivity contribution is 6.27. The van der Waals surface area contributed by atoms with E-state index in [1.165, 1.54) is 24.0 Å². The average molecular weight is 492 g/mol. The van der Waals surface area contributed by atoms with E-state index < -0.39 is 35.5 Å². The van der Waals surface area contributed by atoms with Crippen LogP contribution in [0.2, 0.25) is 0 Å². The number of ketones is 1. The number of Topliss-reactive ketones (excluding diaryl/α,β-unsaturated/α-hetero) is 1. The van der Waals surface area contributed by atoms with E-state index in [0.29, 0.717) is 22.8 Å². The van der Waals surface area contributed by atoms with Crippen LogP contribution in [0, 0.1) is 0 Å². The Kier molecular flexibility index (Phi) is 4.70. The van der Waals surface area contributed by atoms with E-state index in [9.17, 15) is 27.9 Å². The zero-order chi connectivity index (χ0) is 25.4. The van der Waals surface area contributed by atoms with Gasteiger partial charge >= 0.3 is 6.18 Å². The van der Waals surface area contributed by atoms with Gasteiger partial charge in [-0.05, 0) is 42.8 Å². The summed E-state index contributed by atoms with van der Waals surface area (Å²) in [4.78, 5) is 31.3. The third-order valence-electron chi connectivity index (χ3n) is 6.88. The number of hydrogen-bond acceptors (Lipinski definition) is 4. The lowest BCUT2D eigenvalue weighted by Crippen LogP contribution is -2.44. The standard InChI is InChI=1S/C27H19F3N2O4/c1-13(33)22-25(34)19-12-17-16-4-2-3-5-18(16)31-23(17)24(32(19)26(22)35)21-11-10-20(36-21)14-6-8-15(9-7-14)27(28,29)30/h2-11,19,24,31,33H,12H2,1H3/b22-13-/t19-,24+/m0/s1. The predicted octanol–water partition coefficient (Wildman–Crippen LogP) is 5.70. The van der Waals surface area contributed by atoms with E-state index >= 15 is 0 Å². The van der Waals surface area contributed by atoms with E-state index in [1.807, 2.05) is 24.3 Å². The van der Waals surface area contributed by atoms with Gasteiger partial charge < -0.3 is 19.4 Å². The smallest absolute Gasteiger partial charge is 0.416 e. The fourth-order valence-electron chi connectivity index (χ4n) is 5.25. The summed E-state index contributed by atoms with van der Waals surface area (Å²) >= 11 is 0. The minimum absolute atomic E-state index is 0.242. The SMILES string of the molecule is C/C(O)=C1\C(=O)[C@@H]2Cc3c([nH]c4ccccc34)[C@@H](c3ccc(-c4ccc(C(F)(F)F)cc4)o3)N2C1=O. The number of nitrogens with one attached hydrogen (secondary N) is 1. The van der Waals surface area contributed by atoms with Crippen molar-refractivity contribution in [2.45, 2.75) is 31.6 Å². The second kappa shape index (κ2) is 7.61. The number of benzene rings is 2. The predicted molar refractivity (Wildman–Crippen MR) is 124 cm³/mol. The van der Waals surface area contributed by atoms with Gasteiger partial charge in [0.15, 0.2) is 5.78 Å². The normalized spacial score (nSPS) is 21.2. The van der Waals surface area contributed by atoms with Crippen LogP contribution in [0.15, 0.2) is 76.4 Å². The second-order valence-corrected chi connectivity index (χ2v) is 9.00. The number of aliphatic hydroxyl groups is 1. The minimum Gasteiger partial charge on any atom is -0.512 e. The maximum absolute atomic E-state index is 13.3. The zero-order valence-electron chi connectivity index (χ0n) is 18.9. The van der Waals surface area contributed by atoms with Crippen molar-refractivity contribution >= 4 is 22.6 Å². The quantitative estimate of drug-likeness (QED) is 0.213. The molecule has 1 fully saturated rings. The summed E-state index contributed by atoms with van der Waals surface area (Å²) in [7, 11) is 0. The summed E-state index contributed by atoms with van der Waals surface area (Å²) in [5.41, 5.74) is 1.84. The van der Waals surface area contributed by atoms with Gasteiger partial charge in [-0.2, -0.15) is 13.2 Å². The van der Waals surface area contributed by atoms with E-state index in [0.717, 1.165) is 28.6 Å². The first-order valence-corrected chi connectivity index (χ1v) is 11.3. The maximum atomic E-state index is 13.3. The second-order valence-electron chi connectivity index (χ2n) is 9.00. The molecule has 9 heteroatoms. The molecule has 6 rings (SSSR count). The molecule has 36 heavy (non-hydrogen) atoms. The van der Waals surface area contributed by atoms with Crippen LogP contribution >= 0.6 is 0 Å². The summed E-state index contributed by atoms with van der Waals surface area (Å²) in [6, 6.07) is 13.9. The average Bonchev–Trinajstić information content (AvgIpc) is 3.53. The Balaban J connectivity index is 1.49. The first kappa shape index (κ1) is 22.2. The van der Waals surface area contributed by atoms with Gasteiger partial charge in [0.2, 0.25) is 0 Å². The van der Waals surface area contributed by atoms with E-state index in [4.69, 9.17) is 4.42 Å². The first-order chi connectivity index (χ1) is 17.1. The van der Waals surface area contributed by atoms with Crippen LogP contribution in [0.25, 0.3) is 22.2 Å². The number of fused-ring (bicyclic) bond motifs is 4. The third kappa shape index (κ3) is 3.19. The Morgan fingerprint density at radius 1 is 1.06 bits per heavy atom. The Hall–Kier alpha value is -4.27. The number of rotatable bonds is 2. The summed E-state index contributed by atoms with van der Waals surface area (Å²) in [5, 5.41) is 11.0. The molecule has 0 aliphatic carbocycles. The molecule has 2 N–H and O–H groups in total. The number of para-hydroxylation sites is 1. The van der Waals surface area contributed by atoms with Crippen molar-refractivity contribution in [1.29, 1.82) is 0 Å². The van der Waals surface area contributed by atoms with E-state index in [1.54, 1.807) is 12.1 Å². The van der Waals surface area contributed by atoms with Gasteiger partial charge in [-0.25, -0.2) is 0 Å². The molecule has 0 spiro atoms. The molecule has 0 unspecified atom stereocenters. The van der Waals surface area contributed by atoms with E-state index in [-0.39, 0.29) is 17.8 Å². The molecule has 0 radical (unpaired) electrons. The van der Waals surface area contributed by atoms with Crippen LogP contribution < -0.4 is 0 Å². The number of carbonyl (C=O) groups excluding carboxylic acids is 2. The summed E-state index contributed by atoms with van der Waals surface area (Å²) in [6.45, 7) is 1.31. The number of hydrogen-bond donors (Lipinski definition) is 2. The number of alkyl halides is 3. The molecule has 182 valence electrons. The molecule has 1 amide bonds. The molecule has 2 aliphatic heterocycles. The molecule has 4 heterocycles. The summed E-state index contributed by atoms with van der Waals surface area (Å²) in [6.07, 6.45) is -4.17. The van der Waals surface area contributed by atoms with Gasteiger partial charge in [0.05, 0.1) is 11.3 Å². The number of halogens is 3. The molecular weight excluding hydrogens is 473 g/mol. The minimum atomic E-state index is -4.45. The topological polar surface area (TPSA) is 86.5 Å². The molecule has 2 aromatic carbocycles. The van der Waals surface area contributed by atoms with Crippen LogP contribution in [-0.2, 0) is 22.2 Å². The van der Waals surface area contributed by atoms with Crippen molar-refractivity contribution in [3.8, 4) is 11.3 Å². The first-order valence-electron chi connectivity index (χ1n) is 11.3. The number of allylic oxidation sites excluding steroid dienone is 1. The number of nitrogens with zero attached hydrogens (tertiary/aromatic N) is 1. The highest BCUT2D eigenvalue weighted by Gasteiger charge is 2.52. The highest BCUT2D eigenvalue weighted by Crippen LogP contribution is 2.46. The Labute approximate surface area is 202 Å². The number of furan rings is 1. The van der Waals surface area contributed by atoms with E-state index in [2.05, 4.69) is 4.98 Å².